The topological polar surface area (TPSA) is 35.8 Å². The number of nitrogens with zero attached hydrogens (tertiary/aromatic N) is 1. The second kappa shape index (κ2) is 5.49. The molecule has 2 aromatic rings. The Morgan fingerprint density at radius 3 is 2.58 bits per heavy atom. The van der Waals surface area contributed by atoms with Gasteiger partial charge in [0.25, 0.3) is 0 Å². The molecule has 2 rings (SSSR count). The van der Waals surface area contributed by atoms with Crippen LogP contribution in [0.2, 0.25) is 0 Å². The summed E-state index contributed by atoms with van der Waals surface area (Å²) in [6.07, 6.45) is 0. The zero-order valence-corrected chi connectivity index (χ0v) is 10.4. The summed E-state index contributed by atoms with van der Waals surface area (Å²) in [5.74, 6) is -0.760. The van der Waals surface area contributed by atoms with Gasteiger partial charge in [0.1, 0.15) is 11.6 Å². The van der Waals surface area contributed by atoms with Crippen LogP contribution in [0.25, 0.3) is 0 Å². The Morgan fingerprint density at radius 2 is 1.95 bits per heavy atom. The van der Waals surface area contributed by atoms with Crippen molar-refractivity contribution in [1.29, 1.82) is 5.26 Å². The van der Waals surface area contributed by atoms with E-state index >= 15 is 0 Å². The summed E-state index contributed by atoms with van der Waals surface area (Å²) in [6.45, 7) is 2.20. The van der Waals surface area contributed by atoms with Gasteiger partial charge in [-0.05, 0) is 48.4 Å². The van der Waals surface area contributed by atoms with Crippen molar-refractivity contribution in [3.8, 4) is 6.07 Å². The fourth-order valence-electron chi connectivity index (χ4n) is 1.78. The van der Waals surface area contributed by atoms with E-state index in [1.165, 1.54) is 24.3 Å². The molecule has 0 amide bonds. The van der Waals surface area contributed by atoms with Crippen molar-refractivity contribution in [2.45, 2.75) is 13.5 Å². The average molecular weight is 258 g/mol. The highest BCUT2D eigenvalue weighted by atomic mass is 19.1. The van der Waals surface area contributed by atoms with Crippen molar-refractivity contribution in [3.63, 3.8) is 0 Å². The minimum atomic E-state index is -0.473. The number of nitrogens with one attached hydrogen (secondary N) is 1. The molecular weight excluding hydrogens is 246 g/mol. The number of aryl methyl sites for hydroxylation is 1. The van der Waals surface area contributed by atoms with E-state index in [9.17, 15) is 8.78 Å². The normalized spacial score (nSPS) is 10.0. The van der Waals surface area contributed by atoms with Gasteiger partial charge in [0, 0.05) is 6.54 Å². The fourth-order valence-corrected chi connectivity index (χ4v) is 1.78. The second-order valence-electron chi connectivity index (χ2n) is 4.23. The van der Waals surface area contributed by atoms with E-state index in [-0.39, 0.29) is 11.4 Å². The van der Waals surface area contributed by atoms with Crippen LogP contribution < -0.4 is 5.32 Å². The van der Waals surface area contributed by atoms with Gasteiger partial charge in [-0.3, -0.25) is 0 Å². The molecule has 0 aromatic heterocycles. The molecule has 2 aromatic carbocycles. The summed E-state index contributed by atoms with van der Waals surface area (Å²) in [5, 5.41) is 11.6. The van der Waals surface area contributed by atoms with Crippen LogP contribution in [0.4, 0.5) is 14.5 Å². The monoisotopic (exact) mass is 258 g/mol. The summed E-state index contributed by atoms with van der Waals surface area (Å²) >= 11 is 0. The molecule has 2 nitrogen and oxygen atoms in total. The minimum absolute atomic E-state index is 0.279. The Morgan fingerprint density at radius 1 is 1.16 bits per heavy atom. The maximum Gasteiger partial charge on any atom is 0.147 e. The smallest absolute Gasteiger partial charge is 0.147 e. The Labute approximate surface area is 110 Å². The summed E-state index contributed by atoms with van der Waals surface area (Å²) in [6, 6.07) is 10.6. The van der Waals surface area contributed by atoms with Crippen molar-refractivity contribution in [2.24, 2.45) is 0 Å². The maximum atomic E-state index is 13.6. The predicted octanol–water partition coefficient (Wildman–Crippen LogP) is 3.76. The van der Waals surface area contributed by atoms with Crippen molar-refractivity contribution in [2.75, 3.05) is 5.32 Å². The van der Waals surface area contributed by atoms with Gasteiger partial charge in [0.2, 0.25) is 0 Å². The Hall–Kier alpha value is -2.41. The summed E-state index contributed by atoms with van der Waals surface area (Å²) in [7, 11) is 0. The first-order chi connectivity index (χ1) is 9.10. The maximum absolute atomic E-state index is 13.6. The lowest BCUT2D eigenvalue weighted by molar-refractivity contribution is 0.624. The van der Waals surface area contributed by atoms with E-state index in [4.69, 9.17) is 5.26 Å². The van der Waals surface area contributed by atoms with Crippen molar-refractivity contribution in [3.05, 3.63) is 64.7 Å². The molecule has 1 N–H and O–H groups in total. The highest BCUT2D eigenvalue weighted by Gasteiger charge is 2.05. The molecular formula is C15H12F2N2. The van der Waals surface area contributed by atoms with Gasteiger partial charge in [-0.25, -0.2) is 8.78 Å². The van der Waals surface area contributed by atoms with Crippen LogP contribution in [0.15, 0.2) is 36.4 Å². The average Bonchev–Trinajstić information content (AvgIpc) is 2.39. The van der Waals surface area contributed by atoms with Crippen molar-refractivity contribution < 1.29 is 8.78 Å². The largest absolute Gasteiger partial charge is 0.379 e. The Kier molecular flexibility index (Phi) is 3.76. The van der Waals surface area contributed by atoms with Gasteiger partial charge in [-0.2, -0.15) is 5.26 Å². The quantitative estimate of drug-likeness (QED) is 0.909. The molecule has 0 radical (unpaired) electrons. The van der Waals surface area contributed by atoms with Gasteiger partial charge < -0.3 is 5.32 Å². The zero-order chi connectivity index (χ0) is 13.8. The van der Waals surface area contributed by atoms with Crippen LogP contribution in [-0.2, 0) is 6.54 Å². The number of hydrogen-bond donors (Lipinski definition) is 1. The number of rotatable bonds is 3. The third-order valence-corrected chi connectivity index (χ3v) is 2.87. The molecule has 0 aliphatic rings. The molecule has 0 heterocycles. The first kappa shape index (κ1) is 13.0. The molecule has 0 spiro atoms. The highest BCUT2D eigenvalue weighted by molar-refractivity contribution is 5.49. The standard InChI is InChI=1S/C15H12F2N2/c1-10-6-13(16)4-3-12(10)9-19-15-5-2-11(8-18)7-14(15)17/h2-7,19H,9H2,1H3. The van der Waals surface area contributed by atoms with E-state index in [2.05, 4.69) is 5.32 Å². The molecule has 4 heteroatoms. The van der Waals surface area contributed by atoms with E-state index in [0.717, 1.165) is 11.1 Å². The zero-order valence-electron chi connectivity index (χ0n) is 10.4. The van der Waals surface area contributed by atoms with Gasteiger partial charge in [0.05, 0.1) is 17.3 Å². The van der Waals surface area contributed by atoms with Crippen molar-refractivity contribution >= 4 is 5.69 Å². The molecule has 0 aliphatic heterocycles. The lowest BCUT2D eigenvalue weighted by Crippen LogP contribution is -2.03. The first-order valence-corrected chi connectivity index (χ1v) is 5.78. The summed E-state index contributed by atoms with van der Waals surface area (Å²) < 4.78 is 26.6. The van der Waals surface area contributed by atoms with Gasteiger partial charge in [-0.1, -0.05) is 6.07 Å². The molecule has 19 heavy (non-hydrogen) atoms. The number of halogens is 2. The molecule has 0 fully saturated rings. The second-order valence-corrected chi connectivity index (χ2v) is 4.23. The molecule has 0 atom stereocenters. The SMILES string of the molecule is Cc1cc(F)ccc1CNc1ccc(C#N)cc1F. The number of hydrogen-bond acceptors (Lipinski definition) is 2. The number of anilines is 1. The van der Waals surface area contributed by atoms with E-state index in [1.54, 1.807) is 19.1 Å². The Balaban J connectivity index is 2.13. The van der Waals surface area contributed by atoms with Gasteiger partial charge in [-0.15, -0.1) is 0 Å². The van der Waals surface area contributed by atoms with Gasteiger partial charge >= 0.3 is 0 Å². The third kappa shape index (κ3) is 3.08. The minimum Gasteiger partial charge on any atom is -0.379 e. The highest BCUT2D eigenvalue weighted by Crippen LogP contribution is 2.17. The summed E-state index contributed by atoms with van der Waals surface area (Å²) in [4.78, 5) is 0. The van der Waals surface area contributed by atoms with Crippen molar-refractivity contribution in [1.82, 2.24) is 0 Å². The third-order valence-electron chi connectivity index (χ3n) is 2.87. The van der Waals surface area contributed by atoms with Crippen LogP contribution in [-0.4, -0.2) is 0 Å². The van der Waals surface area contributed by atoms with Gasteiger partial charge in [0.15, 0.2) is 0 Å². The van der Waals surface area contributed by atoms with Crippen LogP contribution in [0.5, 0.6) is 0 Å². The molecule has 0 bridgehead atoms. The van der Waals surface area contributed by atoms with Crippen LogP contribution >= 0.6 is 0 Å². The lowest BCUT2D eigenvalue weighted by Gasteiger charge is -2.10. The van der Waals surface area contributed by atoms with E-state index < -0.39 is 5.82 Å². The van der Waals surface area contributed by atoms with Crippen LogP contribution in [0.1, 0.15) is 16.7 Å². The van der Waals surface area contributed by atoms with Crippen LogP contribution in [0, 0.1) is 29.9 Å². The molecule has 0 unspecified atom stereocenters. The molecule has 96 valence electrons. The molecule has 0 aliphatic carbocycles. The number of nitriles is 1. The Bertz CT molecular complexity index is 645. The lowest BCUT2D eigenvalue weighted by atomic mass is 10.1. The summed E-state index contributed by atoms with van der Waals surface area (Å²) in [5.41, 5.74) is 2.30. The fraction of sp³-hybridized carbons (Fsp3) is 0.133. The van der Waals surface area contributed by atoms with Crippen LogP contribution in [0.3, 0.4) is 0 Å². The van der Waals surface area contributed by atoms with E-state index in [0.29, 0.717) is 12.2 Å². The predicted molar refractivity (Wildman–Crippen MR) is 69.6 cm³/mol. The first-order valence-electron chi connectivity index (χ1n) is 5.78. The molecule has 0 saturated carbocycles. The number of benzene rings is 2. The molecule has 0 saturated heterocycles. The van der Waals surface area contributed by atoms with E-state index in [1.807, 2.05) is 6.07 Å².